The van der Waals surface area contributed by atoms with Crippen LogP contribution in [-0.4, -0.2) is 29.8 Å². The van der Waals surface area contributed by atoms with Crippen molar-refractivity contribution in [3.63, 3.8) is 0 Å². The molecule has 1 atom stereocenters. The lowest BCUT2D eigenvalue weighted by molar-refractivity contribution is 0.299. The van der Waals surface area contributed by atoms with Gasteiger partial charge in [-0.1, -0.05) is 12.6 Å². The summed E-state index contributed by atoms with van der Waals surface area (Å²) < 4.78 is 6.08. The molecule has 0 bridgehead atoms. The minimum Gasteiger partial charge on any atom is -0.507 e. The summed E-state index contributed by atoms with van der Waals surface area (Å²) in [6, 6.07) is 9.63. The smallest absolute Gasteiger partial charge is 0.138 e. The van der Waals surface area contributed by atoms with E-state index in [-0.39, 0.29) is 5.75 Å². The zero-order chi connectivity index (χ0) is 21.4. The van der Waals surface area contributed by atoms with E-state index in [0.717, 1.165) is 37.1 Å². The van der Waals surface area contributed by atoms with Crippen molar-refractivity contribution in [3.8, 4) is 28.8 Å². The lowest BCUT2D eigenvalue weighted by Gasteiger charge is -2.28. The highest BCUT2D eigenvalue weighted by molar-refractivity contribution is 5.84. The summed E-state index contributed by atoms with van der Waals surface area (Å²) in [4.78, 5) is 4.84. The molecule has 3 heterocycles. The fourth-order valence-corrected chi connectivity index (χ4v) is 4.34. The SMILES string of the molecule is C=C1Nc2nc(-c3c(O)cccc3OCC3CC3)cc(C3CCCNC3)c2C=C1C#N. The Bertz CT molecular complexity index is 1110. The van der Waals surface area contributed by atoms with Crippen LogP contribution in [0.4, 0.5) is 5.82 Å². The minimum atomic E-state index is 0.149. The third kappa shape index (κ3) is 3.89. The second-order valence-electron chi connectivity index (χ2n) is 8.58. The summed E-state index contributed by atoms with van der Waals surface area (Å²) >= 11 is 0. The Kier molecular flexibility index (Phi) is 5.13. The molecule has 2 aliphatic heterocycles. The van der Waals surface area contributed by atoms with Crippen LogP contribution >= 0.6 is 0 Å². The molecule has 5 rings (SSSR count). The fraction of sp³-hybridized carbons (Fsp3) is 0.360. The number of benzene rings is 1. The second-order valence-corrected chi connectivity index (χ2v) is 8.58. The number of fused-ring (bicyclic) bond motifs is 1. The number of aromatic hydroxyl groups is 1. The van der Waals surface area contributed by atoms with Crippen LogP contribution in [0.5, 0.6) is 11.5 Å². The van der Waals surface area contributed by atoms with Gasteiger partial charge < -0.3 is 20.5 Å². The molecule has 0 amide bonds. The molecule has 0 radical (unpaired) electrons. The monoisotopic (exact) mass is 414 g/mol. The summed E-state index contributed by atoms with van der Waals surface area (Å²) in [7, 11) is 0. The average Bonchev–Trinajstić information content (AvgIpc) is 3.61. The van der Waals surface area contributed by atoms with Gasteiger partial charge in [0.1, 0.15) is 23.4 Å². The van der Waals surface area contributed by atoms with E-state index in [1.807, 2.05) is 12.1 Å². The van der Waals surface area contributed by atoms with Crippen molar-refractivity contribution in [3.05, 3.63) is 53.2 Å². The summed E-state index contributed by atoms with van der Waals surface area (Å²) in [5.74, 6) is 2.37. The molecule has 0 spiro atoms. The normalized spacial score (nSPS) is 20.3. The molecule has 158 valence electrons. The van der Waals surface area contributed by atoms with E-state index in [2.05, 4.69) is 29.3 Å². The van der Waals surface area contributed by atoms with Gasteiger partial charge in [-0.15, -0.1) is 0 Å². The molecular formula is C25H26N4O2. The van der Waals surface area contributed by atoms with Crippen LogP contribution in [0.1, 0.15) is 42.7 Å². The van der Waals surface area contributed by atoms with Gasteiger partial charge in [0, 0.05) is 12.1 Å². The zero-order valence-electron chi connectivity index (χ0n) is 17.4. The Balaban J connectivity index is 1.64. The average molecular weight is 415 g/mol. The number of anilines is 1. The molecule has 3 aliphatic rings. The van der Waals surface area contributed by atoms with E-state index in [0.29, 0.717) is 52.5 Å². The van der Waals surface area contributed by atoms with Crippen molar-refractivity contribution in [2.45, 2.75) is 31.6 Å². The molecule has 3 N–H and O–H groups in total. The van der Waals surface area contributed by atoms with E-state index in [9.17, 15) is 10.4 Å². The first-order chi connectivity index (χ1) is 15.1. The Morgan fingerprint density at radius 3 is 2.90 bits per heavy atom. The third-order valence-corrected chi connectivity index (χ3v) is 6.26. The summed E-state index contributed by atoms with van der Waals surface area (Å²) in [5.41, 5.74) is 4.38. The number of aromatic nitrogens is 1. The Labute approximate surface area is 182 Å². The van der Waals surface area contributed by atoms with Crippen LogP contribution in [0.3, 0.4) is 0 Å². The number of rotatable bonds is 5. The highest BCUT2D eigenvalue weighted by Crippen LogP contribution is 2.43. The quantitative estimate of drug-likeness (QED) is 0.665. The second kappa shape index (κ2) is 8.09. The number of piperidine rings is 1. The van der Waals surface area contributed by atoms with Gasteiger partial charge in [0.2, 0.25) is 0 Å². The van der Waals surface area contributed by atoms with Crippen molar-refractivity contribution < 1.29 is 9.84 Å². The number of nitrogens with zero attached hydrogens (tertiary/aromatic N) is 2. The molecular weight excluding hydrogens is 388 g/mol. The maximum absolute atomic E-state index is 10.7. The van der Waals surface area contributed by atoms with E-state index in [4.69, 9.17) is 9.72 Å². The minimum absolute atomic E-state index is 0.149. The van der Waals surface area contributed by atoms with Gasteiger partial charge in [-0.05, 0) is 73.9 Å². The maximum Gasteiger partial charge on any atom is 0.138 e. The molecule has 1 unspecified atom stereocenters. The standard InChI is InChI=1S/C25H26N4O2/c1-15-18(12-26)10-20-19(17-4-3-9-27-13-17)11-21(29-25(20)28-15)24-22(30)5-2-6-23(24)31-14-16-7-8-16/h2,5-6,10-11,16-17,27,30H,1,3-4,7-9,13-14H2,(H,28,29). The lowest BCUT2D eigenvalue weighted by Crippen LogP contribution is -2.29. The molecule has 2 aromatic rings. The molecule has 2 fully saturated rings. The Hall–Kier alpha value is -3.30. The number of nitrogens with one attached hydrogen (secondary N) is 2. The first-order valence-corrected chi connectivity index (χ1v) is 10.9. The van der Waals surface area contributed by atoms with Gasteiger partial charge in [-0.3, -0.25) is 0 Å². The molecule has 1 saturated heterocycles. The van der Waals surface area contributed by atoms with Crippen molar-refractivity contribution >= 4 is 11.9 Å². The van der Waals surface area contributed by atoms with E-state index >= 15 is 0 Å². The summed E-state index contributed by atoms with van der Waals surface area (Å²) in [5, 5.41) is 26.9. The van der Waals surface area contributed by atoms with Crippen LogP contribution in [0.25, 0.3) is 17.3 Å². The van der Waals surface area contributed by atoms with Crippen molar-refractivity contribution in [1.82, 2.24) is 10.3 Å². The van der Waals surface area contributed by atoms with E-state index in [1.165, 1.54) is 12.8 Å². The molecule has 6 heteroatoms. The highest BCUT2D eigenvalue weighted by Gasteiger charge is 2.27. The third-order valence-electron chi connectivity index (χ3n) is 6.26. The van der Waals surface area contributed by atoms with Gasteiger partial charge in [-0.25, -0.2) is 4.98 Å². The number of ether oxygens (including phenoxy) is 1. The molecule has 31 heavy (non-hydrogen) atoms. The van der Waals surface area contributed by atoms with Gasteiger partial charge in [0.15, 0.2) is 0 Å². The summed E-state index contributed by atoms with van der Waals surface area (Å²) in [6.07, 6.45) is 6.43. The zero-order valence-corrected chi connectivity index (χ0v) is 17.4. The van der Waals surface area contributed by atoms with Crippen LogP contribution in [-0.2, 0) is 0 Å². The molecule has 1 aromatic carbocycles. The first kappa shape index (κ1) is 19.7. The van der Waals surface area contributed by atoms with Crippen LogP contribution in [0.15, 0.2) is 42.1 Å². The topological polar surface area (TPSA) is 90.2 Å². The number of allylic oxidation sites excluding steroid dienone is 1. The highest BCUT2D eigenvalue weighted by atomic mass is 16.5. The van der Waals surface area contributed by atoms with Gasteiger partial charge in [0.25, 0.3) is 0 Å². The van der Waals surface area contributed by atoms with Crippen molar-refractivity contribution in [2.24, 2.45) is 5.92 Å². The van der Waals surface area contributed by atoms with Crippen molar-refractivity contribution in [2.75, 3.05) is 25.0 Å². The largest absolute Gasteiger partial charge is 0.507 e. The molecule has 1 aromatic heterocycles. The van der Waals surface area contributed by atoms with E-state index in [1.54, 1.807) is 12.1 Å². The predicted molar refractivity (Wildman–Crippen MR) is 121 cm³/mol. The number of phenolic OH excluding ortho intramolecular Hbond substituents is 1. The first-order valence-electron chi connectivity index (χ1n) is 10.9. The Morgan fingerprint density at radius 2 is 2.16 bits per heavy atom. The van der Waals surface area contributed by atoms with Crippen LogP contribution in [0, 0.1) is 17.2 Å². The van der Waals surface area contributed by atoms with E-state index < -0.39 is 0 Å². The van der Waals surface area contributed by atoms with Gasteiger partial charge in [-0.2, -0.15) is 5.26 Å². The van der Waals surface area contributed by atoms with Crippen LogP contribution < -0.4 is 15.4 Å². The maximum atomic E-state index is 10.7. The summed E-state index contributed by atoms with van der Waals surface area (Å²) in [6.45, 7) is 6.52. The number of hydrogen-bond acceptors (Lipinski definition) is 6. The number of hydrogen-bond donors (Lipinski definition) is 3. The van der Waals surface area contributed by atoms with Gasteiger partial charge in [0.05, 0.1) is 29.1 Å². The number of pyridine rings is 1. The van der Waals surface area contributed by atoms with Crippen LogP contribution in [0.2, 0.25) is 0 Å². The predicted octanol–water partition coefficient (Wildman–Crippen LogP) is 4.56. The Morgan fingerprint density at radius 1 is 1.29 bits per heavy atom. The lowest BCUT2D eigenvalue weighted by atomic mass is 9.86. The molecule has 6 nitrogen and oxygen atoms in total. The van der Waals surface area contributed by atoms with Gasteiger partial charge >= 0.3 is 0 Å². The molecule has 1 saturated carbocycles. The molecule has 1 aliphatic carbocycles. The number of nitriles is 1. The fourth-order valence-electron chi connectivity index (χ4n) is 4.34. The van der Waals surface area contributed by atoms with Crippen molar-refractivity contribution in [1.29, 1.82) is 5.26 Å². The number of phenols is 1.